The van der Waals surface area contributed by atoms with Crippen molar-refractivity contribution in [2.24, 2.45) is 5.41 Å². The zero-order chi connectivity index (χ0) is 13.2. The molecule has 1 aromatic rings. The number of rotatable bonds is 3. The Morgan fingerprint density at radius 1 is 1.35 bits per heavy atom. The van der Waals surface area contributed by atoms with E-state index in [9.17, 15) is 9.90 Å². The predicted molar refractivity (Wildman–Crippen MR) is 73.2 cm³/mol. The molecule has 0 unspecified atom stereocenters. The van der Waals surface area contributed by atoms with Gasteiger partial charge in [-0.05, 0) is 58.2 Å². The van der Waals surface area contributed by atoms with Crippen molar-refractivity contribution in [1.29, 1.82) is 0 Å². The normalized spacial score (nSPS) is 11.4. The van der Waals surface area contributed by atoms with Crippen LogP contribution >= 0.6 is 31.9 Å². The number of hydrogen-bond donors (Lipinski definition) is 1. The SMILES string of the molecule is CCC(C)(C)C(=O)Oc1cc(Br)c(O)cc1Br. The van der Waals surface area contributed by atoms with E-state index in [0.29, 0.717) is 21.1 Å². The first kappa shape index (κ1) is 14.5. The van der Waals surface area contributed by atoms with Gasteiger partial charge in [0.2, 0.25) is 0 Å². The van der Waals surface area contributed by atoms with E-state index in [-0.39, 0.29) is 11.7 Å². The van der Waals surface area contributed by atoms with E-state index in [1.165, 1.54) is 6.07 Å². The summed E-state index contributed by atoms with van der Waals surface area (Å²) in [5.74, 6) is 0.186. The second-order valence-electron chi connectivity index (χ2n) is 4.36. The van der Waals surface area contributed by atoms with Gasteiger partial charge >= 0.3 is 5.97 Å². The van der Waals surface area contributed by atoms with Gasteiger partial charge in [0.1, 0.15) is 11.5 Å². The monoisotopic (exact) mass is 364 g/mol. The standard InChI is InChI=1S/C12H14Br2O3/c1-4-12(2,3)11(16)17-10-6-7(13)9(15)5-8(10)14/h5-6,15H,4H2,1-3H3. The van der Waals surface area contributed by atoms with Gasteiger partial charge in [0.05, 0.1) is 14.4 Å². The summed E-state index contributed by atoms with van der Waals surface area (Å²) in [6.45, 7) is 5.60. The van der Waals surface area contributed by atoms with E-state index in [0.717, 1.165) is 0 Å². The maximum Gasteiger partial charge on any atom is 0.316 e. The molecule has 1 N–H and O–H groups in total. The molecule has 0 bridgehead atoms. The van der Waals surface area contributed by atoms with Gasteiger partial charge in [0.15, 0.2) is 0 Å². The van der Waals surface area contributed by atoms with Crippen molar-refractivity contribution in [3.8, 4) is 11.5 Å². The van der Waals surface area contributed by atoms with Gasteiger partial charge in [-0.2, -0.15) is 0 Å². The van der Waals surface area contributed by atoms with Gasteiger partial charge < -0.3 is 9.84 Å². The van der Waals surface area contributed by atoms with Gasteiger partial charge in [-0.1, -0.05) is 6.92 Å². The summed E-state index contributed by atoms with van der Waals surface area (Å²) in [5, 5.41) is 9.45. The molecule has 94 valence electrons. The van der Waals surface area contributed by atoms with Crippen LogP contribution in [-0.2, 0) is 4.79 Å². The van der Waals surface area contributed by atoms with Crippen LogP contribution in [0.15, 0.2) is 21.1 Å². The largest absolute Gasteiger partial charge is 0.507 e. The van der Waals surface area contributed by atoms with Gasteiger partial charge in [-0.3, -0.25) is 4.79 Å². The summed E-state index contributed by atoms with van der Waals surface area (Å²) >= 11 is 6.42. The molecule has 0 heterocycles. The van der Waals surface area contributed by atoms with E-state index >= 15 is 0 Å². The number of hydrogen-bond acceptors (Lipinski definition) is 3. The number of carbonyl (C=O) groups is 1. The van der Waals surface area contributed by atoms with Crippen LogP contribution in [0, 0.1) is 5.41 Å². The van der Waals surface area contributed by atoms with Crippen LogP contribution in [0.25, 0.3) is 0 Å². The lowest BCUT2D eigenvalue weighted by Gasteiger charge is -2.20. The van der Waals surface area contributed by atoms with Crippen LogP contribution in [0.3, 0.4) is 0 Å². The Morgan fingerprint density at radius 2 is 1.94 bits per heavy atom. The average Bonchev–Trinajstić information content (AvgIpc) is 2.25. The Kier molecular flexibility index (Phi) is 4.61. The maximum absolute atomic E-state index is 11.9. The van der Waals surface area contributed by atoms with E-state index in [1.54, 1.807) is 6.07 Å². The molecule has 0 atom stereocenters. The molecule has 0 aromatic heterocycles. The molecule has 0 fully saturated rings. The topological polar surface area (TPSA) is 46.5 Å². The first-order chi connectivity index (χ1) is 7.77. The van der Waals surface area contributed by atoms with Crippen molar-refractivity contribution in [3.05, 3.63) is 21.1 Å². The van der Waals surface area contributed by atoms with Crippen molar-refractivity contribution in [1.82, 2.24) is 0 Å². The molecule has 5 heteroatoms. The molecule has 0 amide bonds. The molecule has 0 aliphatic carbocycles. The number of carbonyl (C=O) groups excluding carboxylic acids is 1. The first-order valence-corrected chi connectivity index (χ1v) is 6.77. The fourth-order valence-electron chi connectivity index (χ4n) is 0.979. The lowest BCUT2D eigenvalue weighted by Crippen LogP contribution is -2.28. The number of phenols is 1. The molecule has 3 nitrogen and oxygen atoms in total. The fraction of sp³-hybridized carbons (Fsp3) is 0.417. The van der Waals surface area contributed by atoms with Gasteiger partial charge in [-0.15, -0.1) is 0 Å². The van der Waals surface area contributed by atoms with Crippen LogP contribution < -0.4 is 4.74 Å². The highest BCUT2D eigenvalue weighted by atomic mass is 79.9. The molecule has 0 saturated carbocycles. The van der Waals surface area contributed by atoms with E-state index in [1.807, 2.05) is 20.8 Å². The summed E-state index contributed by atoms with van der Waals surface area (Å²) in [5.41, 5.74) is -0.524. The number of aromatic hydroxyl groups is 1. The zero-order valence-corrected chi connectivity index (χ0v) is 13.1. The van der Waals surface area contributed by atoms with Crippen LogP contribution in [0.1, 0.15) is 27.2 Å². The van der Waals surface area contributed by atoms with E-state index < -0.39 is 5.41 Å². The smallest absolute Gasteiger partial charge is 0.316 e. The van der Waals surface area contributed by atoms with Gasteiger partial charge in [0, 0.05) is 6.07 Å². The Labute approximate surface area is 117 Å². The molecule has 0 radical (unpaired) electrons. The van der Waals surface area contributed by atoms with Gasteiger partial charge in [-0.25, -0.2) is 0 Å². The maximum atomic E-state index is 11.9. The summed E-state index contributed by atoms with van der Waals surface area (Å²) < 4.78 is 6.33. The number of halogens is 2. The van der Waals surface area contributed by atoms with Crippen LogP contribution in [0.4, 0.5) is 0 Å². The summed E-state index contributed by atoms with van der Waals surface area (Å²) in [7, 11) is 0. The second-order valence-corrected chi connectivity index (χ2v) is 6.07. The van der Waals surface area contributed by atoms with E-state index in [2.05, 4.69) is 31.9 Å². The average molecular weight is 366 g/mol. The van der Waals surface area contributed by atoms with Crippen molar-refractivity contribution < 1.29 is 14.6 Å². The highest BCUT2D eigenvalue weighted by Crippen LogP contribution is 2.36. The van der Waals surface area contributed by atoms with Crippen molar-refractivity contribution in [3.63, 3.8) is 0 Å². The molecule has 0 saturated heterocycles. The van der Waals surface area contributed by atoms with Crippen LogP contribution in [0.2, 0.25) is 0 Å². The van der Waals surface area contributed by atoms with Crippen LogP contribution in [0.5, 0.6) is 11.5 Å². The highest BCUT2D eigenvalue weighted by molar-refractivity contribution is 9.11. The summed E-state index contributed by atoms with van der Waals surface area (Å²) in [4.78, 5) is 11.9. The first-order valence-electron chi connectivity index (χ1n) is 5.18. The molecule has 0 aliphatic heterocycles. The Balaban J connectivity index is 2.97. The van der Waals surface area contributed by atoms with Crippen molar-refractivity contribution >= 4 is 37.8 Å². The third kappa shape index (κ3) is 3.45. The number of phenolic OH excluding ortho intramolecular Hbond substituents is 1. The molecular formula is C12H14Br2O3. The summed E-state index contributed by atoms with van der Waals surface area (Å²) in [6.07, 6.45) is 0.697. The highest BCUT2D eigenvalue weighted by Gasteiger charge is 2.28. The minimum Gasteiger partial charge on any atom is -0.507 e. The lowest BCUT2D eigenvalue weighted by atomic mass is 9.91. The van der Waals surface area contributed by atoms with Crippen molar-refractivity contribution in [2.45, 2.75) is 27.2 Å². The van der Waals surface area contributed by atoms with E-state index in [4.69, 9.17) is 4.74 Å². The lowest BCUT2D eigenvalue weighted by molar-refractivity contribution is -0.144. The Bertz CT molecular complexity index is 442. The second kappa shape index (κ2) is 5.40. The zero-order valence-electron chi connectivity index (χ0n) is 9.88. The Hall–Kier alpha value is -0.550. The third-order valence-electron chi connectivity index (χ3n) is 2.64. The molecular weight excluding hydrogens is 352 g/mol. The third-order valence-corrected chi connectivity index (χ3v) is 3.90. The number of ether oxygens (including phenoxy) is 1. The van der Waals surface area contributed by atoms with Crippen LogP contribution in [-0.4, -0.2) is 11.1 Å². The summed E-state index contributed by atoms with van der Waals surface area (Å²) in [6, 6.07) is 3.04. The molecule has 1 rings (SSSR count). The molecule has 17 heavy (non-hydrogen) atoms. The minimum atomic E-state index is -0.524. The Morgan fingerprint density at radius 3 is 2.47 bits per heavy atom. The molecule has 0 aliphatic rings. The molecule has 0 spiro atoms. The van der Waals surface area contributed by atoms with Gasteiger partial charge in [0.25, 0.3) is 0 Å². The molecule has 1 aromatic carbocycles. The van der Waals surface area contributed by atoms with Crippen molar-refractivity contribution in [2.75, 3.05) is 0 Å². The number of benzene rings is 1. The fourth-order valence-corrected chi connectivity index (χ4v) is 1.71. The predicted octanol–water partition coefficient (Wildman–Crippen LogP) is 4.26. The number of esters is 1. The minimum absolute atomic E-state index is 0.0893. The quantitative estimate of drug-likeness (QED) is 0.643.